The van der Waals surface area contributed by atoms with E-state index in [4.69, 9.17) is 5.73 Å². The molecule has 4 heteroatoms. The fraction of sp³-hybridized carbons (Fsp3) is 0.769. The summed E-state index contributed by atoms with van der Waals surface area (Å²) in [6, 6.07) is 0.648. The summed E-state index contributed by atoms with van der Waals surface area (Å²) in [6.07, 6.45) is 10.7. The van der Waals surface area contributed by atoms with Crippen LogP contribution in [0.3, 0.4) is 0 Å². The first-order chi connectivity index (χ1) is 8.34. The molecule has 0 aliphatic heterocycles. The van der Waals surface area contributed by atoms with E-state index in [1.807, 2.05) is 0 Å². The summed E-state index contributed by atoms with van der Waals surface area (Å²) < 4.78 is 4.32. The molecule has 0 radical (unpaired) electrons. The lowest BCUT2D eigenvalue weighted by Gasteiger charge is -2.17. The fourth-order valence-electron chi connectivity index (χ4n) is 2.79. The highest BCUT2D eigenvalue weighted by molar-refractivity contribution is 7.10. The maximum atomic E-state index is 5.98. The number of nitrogens with zero attached hydrogens (tertiary/aromatic N) is 1. The van der Waals surface area contributed by atoms with Gasteiger partial charge in [-0.3, -0.25) is 0 Å². The molecule has 2 aliphatic rings. The molecule has 0 amide bonds. The Morgan fingerprint density at radius 2 is 1.76 bits per heavy atom. The molecule has 17 heavy (non-hydrogen) atoms. The minimum absolute atomic E-state index is 0.648. The van der Waals surface area contributed by atoms with Crippen molar-refractivity contribution in [1.82, 2.24) is 4.37 Å². The molecular formula is C13H21N3S. The van der Waals surface area contributed by atoms with Crippen molar-refractivity contribution in [1.29, 1.82) is 0 Å². The number of nitrogens with one attached hydrogen (secondary N) is 1. The van der Waals surface area contributed by atoms with E-state index in [0.29, 0.717) is 12.0 Å². The molecule has 0 bridgehead atoms. The summed E-state index contributed by atoms with van der Waals surface area (Å²) in [7, 11) is 0. The Morgan fingerprint density at radius 3 is 2.41 bits per heavy atom. The van der Waals surface area contributed by atoms with E-state index in [1.165, 1.54) is 61.9 Å². The molecule has 3 rings (SSSR count). The number of nitrogen functional groups attached to an aromatic ring is 1. The standard InChI is InChI=1S/C13H21N3S/c14-12-11(9-7-8-9)13(17-16-12)15-10-5-3-1-2-4-6-10/h9-10,15H,1-8H2,(H2,14,16). The zero-order chi connectivity index (χ0) is 11.7. The van der Waals surface area contributed by atoms with Crippen molar-refractivity contribution in [2.24, 2.45) is 0 Å². The zero-order valence-corrected chi connectivity index (χ0v) is 11.1. The van der Waals surface area contributed by atoms with E-state index in [1.54, 1.807) is 11.5 Å². The lowest BCUT2D eigenvalue weighted by atomic mass is 10.1. The summed E-state index contributed by atoms with van der Waals surface area (Å²) >= 11 is 1.56. The fourth-order valence-corrected chi connectivity index (χ4v) is 3.67. The van der Waals surface area contributed by atoms with Gasteiger partial charge in [0.15, 0.2) is 0 Å². The highest BCUT2D eigenvalue weighted by Gasteiger charge is 2.31. The Labute approximate surface area is 107 Å². The molecule has 0 saturated heterocycles. The van der Waals surface area contributed by atoms with Crippen molar-refractivity contribution >= 4 is 22.4 Å². The van der Waals surface area contributed by atoms with Crippen molar-refractivity contribution in [3.8, 4) is 0 Å². The van der Waals surface area contributed by atoms with Gasteiger partial charge < -0.3 is 11.1 Å². The van der Waals surface area contributed by atoms with Gasteiger partial charge in [0, 0.05) is 11.6 Å². The van der Waals surface area contributed by atoms with Crippen LogP contribution >= 0.6 is 11.5 Å². The Balaban J connectivity index is 1.71. The average molecular weight is 251 g/mol. The molecule has 0 aromatic carbocycles. The van der Waals surface area contributed by atoms with Gasteiger partial charge in [0.25, 0.3) is 0 Å². The molecule has 2 saturated carbocycles. The minimum atomic E-state index is 0.648. The van der Waals surface area contributed by atoms with Crippen molar-refractivity contribution < 1.29 is 0 Å². The van der Waals surface area contributed by atoms with Crippen molar-refractivity contribution in [3.05, 3.63) is 5.56 Å². The van der Waals surface area contributed by atoms with Crippen molar-refractivity contribution in [3.63, 3.8) is 0 Å². The number of hydrogen-bond donors (Lipinski definition) is 2. The van der Waals surface area contributed by atoms with Gasteiger partial charge in [0.1, 0.15) is 10.8 Å². The predicted octanol–water partition coefficient (Wildman–Crippen LogP) is 3.74. The van der Waals surface area contributed by atoms with E-state index >= 15 is 0 Å². The Morgan fingerprint density at radius 1 is 1.06 bits per heavy atom. The number of nitrogens with two attached hydrogens (primary N) is 1. The predicted molar refractivity (Wildman–Crippen MR) is 73.6 cm³/mol. The van der Waals surface area contributed by atoms with E-state index in [0.717, 1.165) is 5.82 Å². The SMILES string of the molecule is Nc1nsc(NC2CCCCCC2)c1C1CC1. The van der Waals surface area contributed by atoms with Gasteiger partial charge in [-0.05, 0) is 43.1 Å². The highest BCUT2D eigenvalue weighted by atomic mass is 32.1. The number of aromatic nitrogens is 1. The van der Waals surface area contributed by atoms with Gasteiger partial charge in [-0.15, -0.1) is 0 Å². The molecule has 3 N–H and O–H groups in total. The van der Waals surface area contributed by atoms with Crippen LogP contribution in [0.25, 0.3) is 0 Å². The van der Waals surface area contributed by atoms with Gasteiger partial charge in [-0.2, -0.15) is 4.37 Å². The maximum Gasteiger partial charge on any atom is 0.142 e. The van der Waals surface area contributed by atoms with Crippen LogP contribution in [0.1, 0.15) is 62.8 Å². The van der Waals surface area contributed by atoms with E-state index in [2.05, 4.69) is 9.69 Å². The molecule has 2 fully saturated rings. The minimum Gasteiger partial charge on any atom is -0.383 e. The molecule has 1 aromatic heterocycles. The molecule has 0 spiro atoms. The van der Waals surface area contributed by atoms with Gasteiger partial charge in [0.05, 0.1) is 0 Å². The van der Waals surface area contributed by atoms with Crippen LogP contribution in [-0.4, -0.2) is 10.4 Å². The van der Waals surface area contributed by atoms with Gasteiger partial charge in [-0.1, -0.05) is 25.7 Å². The summed E-state index contributed by atoms with van der Waals surface area (Å²) in [5, 5.41) is 4.97. The van der Waals surface area contributed by atoms with E-state index in [9.17, 15) is 0 Å². The monoisotopic (exact) mass is 251 g/mol. The average Bonchev–Trinajstić information content (AvgIpc) is 3.10. The largest absolute Gasteiger partial charge is 0.383 e. The summed E-state index contributed by atoms with van der Waals surface area (Å²) in [5.41, 5.74) is 7.30. The molecule has 0 unspecified atom stereocenters. The quantitative estimate of drug-likeness (QED) is 0.805. The maximum absolute atomic E-state index is 5.98. The molecular weight excluding hydrogens is 230 g/mol. The first-order valence-corrected chi connectivity index (χ1v) is 7.63. The third-order valence-corrected chi connectivity index (χ3v) is 4.74. The molecule has 2 aliphatic carbocycles. The second-order valence-electron chi connectivity index (χ2n) is 5.42. The number of rotatable bonds is 3. The zero-order valence-electron chi connectivity index (χ0n) is 10.2. The summed E-state index contributed by atoms with van der Waals surface area (Å²) in [6.45, 7) is 0. The van der Waals surface area contributed by atoms with Crippen LogP contribution in [0.2, 0.25) is 0 Å². The Hall–Kier alpha value is -0.770. The Bertz CT molecular complexity index is 376. The second kappa shape index (κ2) is 4.84. The van der Waals surface area contributed by atoms with Crippen LogP contribution in [0.5, 0.6) is 0 Å². The molecule has 1 heterocycles. The summed E-state index contributed by atoms with van der Waals surface area (Å²) in [4.78, 5) is 0. The van der Waals surface area contributed by atoms with Crippen LogP contribution in [0, 0.1) is 0 Å². The first-order valence-electron chi connectivity index (χ1n) is 6.86. The molecule has 94 valence electrons. The third kappa shape index (κ3) is 2.57. The van der Waals surface area contributed by atoms with Gasteiger partial charge in [0.2, 0.25) is 0 Å². The third-order valence-electron chi connectivity index (χ3n) is 3.93. The molecule has 1 aromatic rings. The van der Waals surface area contributed by atoms with Crippen molar-refractivity contribution in [2.75, 3.05) is 11.1 Å². The number of anilines is 2. The van der Waals surface area contributed by atoms with Crippen LogP contribution in [-0.2, 0) is 0 Å². The van der Waals surface area contributed by atoms with E-state index in [-0.39, 0.29) is 0 Å². The molecule has 0 atom stereocenters. The second-order valence-corrected chi connectivity index (χ2v) is 6.19. The van der Waals surface area contributed by atoms with Crippen molar-refractivity contribution in [2.45, 2.75) is 63.3 Å². The van der Waals surface area contributed by atoms with Crippen LogP contribution in [0.15, 0.2) is 0 Å². The number of hydrogen-bond acceptors (Lipinski definition) is 4. The smallest absolute Gasteiger partial charge is 0.142 e. The lowest BCUT2D eigenvalue weighted by molar-refractivity contribution is 0.621. The van der Waals surface area contributed by atoms with E-state index < -0.39 is 0 Å². The topological polar surface area (TPSA) is 50.9 Å². The van der Waals surface area contributed by atoms with Gasteiger partial charge in [-0.25, -0.2) is 0 Å². The van der Waals surface area contributed by atoms with Gasteiger partial charge >= 0.3 is 0 Å². The molecule has 3 nitrogen and oxygen atoms in total. The summed E-state index contributed by atoms with van der Waals surface area (Å²) in [5.74, 6) is 1.47. The van der Waals surface area contributed by atoms with Crippen LogP contribution < -0.4 is 11.1 Å². The normalized spacial score (nSPS) is 22.4. The first kappa shape index (κ1) is 11.3. The highest BCUT2D eigenvalue weighted by Crippen LogP contribution is 2.48. The van der Waals surface area contributed by atoms with Crippen LogP contribution in [0.4, 0.5) is 10.8 Å². The lowest BCUT2D eigenvalue weighted by Crippen LogP contribution is -2.18. The Kier molecular flexibility index (Phi) is 3.23.